The van der Waals surface area contributed by atoms with Crippen molar-refractivity contribution >= 4 is 46.0 Å². The minimum absolute atomic E-state index is 0.578. The van der Waals surface area contributed by atoms with Gasteiger partial charge in [0, 0.05) is 74.7 Å². The van der Waals surface area contributed by atoms with Crippen molar-refractivity contribution < 1.29 is 9.47 Å². The van der Waals surface area contributed by atoms with Crippen LogP contribution in [0.3, 0.4) is 0 Å². The number of nitrogens with one attached hydrogen (secondary N) is 3. The first-order valence-electron chi connectivity index (χ1n) is 12.9. The molecule has 37 heavy (non-hydrogen) atoms. The number of fused-ring (bicyclic) bond motifs is 1. The van der Waals surface area contributed by atoms with E-state index in [2.05, 4.69) is 45.7 Å². The topological polar surface area (TPSA) is 113 Å². The molecule has 0 atom stereocenters. The van der Waals surface area contributed by atoms with Gasteiger partial charge in [0.25, 0.3) is 0 Å². The van der Waals surface area contributed by atoms with Crippen LogP contribution in [0.25, 0.3) is 10.9 Å². The highest BCUT2D eigenvalue weighted by atomic mass is 35.5. The van der Waals surface area contributed by atoms with E-state index in [9.17, 15) is 0 Å². The molecule has 0 unspecified atom stereocenters. The zero-order valence-corrected chi connectivity index (χ0v) is 21.7. The molecule has 12 heteroatoms. The maximum atomic E-state index is 6.10. The zero-order valence-electron chi connectivity index (χ0n) is 21.0. The Labute approximate surface area is 221 Å². The fourth-order valence-electron chi connectivity index (χ4n) is 4.37. The van der Waals surface area contributed by atoms with Crippen LogP contribution < -0.4 is 20.9 Å². The molecule has 0 bridgehead atoms. The zero-order chi connectivity index (χ0) is 25.3. The molecule has 0 radical (unpaired) electrons. The van der Waals surface area contributed by atoms with E-state index in [1.54, 1.807) is 6.20 Å². The Bertz CT molecular complexity index is 1160. The van der Waals surface area contributed by atoms with Gasteiger partial charge in [-0.1, -0.05) is 11.6 Å². The molecule has 0 saturated carbocycles. The lowest BCUT2D eigenvalue weighted by molar-refractivity contribution is 0.0398. The van der Waals surface area contributed by atoms with Crippen molar-refractivity contribution in [3.63, 3.8) is 0 Å². The van der Waals surface area contributed by atoms with E-state index in [1.165, 1.54) is 0 Å². The van der Waals surface area contributed by atoms with Gasteiger partial charge in [-0.2, -0.15) is 15.0 Å². The molecule has 3 aromatic rings. The molecule has 5 rings (SSSR count). The predicted molar refractivity (Wildman–Crippen MR) is 147 cm³/mol. The van der Waals surface area contributed by atoms with E-state index < -0.39 is 0 Å². The monoisotopic (exact) mass is 527 g/mol. The quantitative estimate of drug-likeness (QED) is 0.320. The number of halogens is 1. The third kappa shape index (κ3) is 7.29. The van der Waals surface area contributed by atoms with Gasteiger partial charge in [0.15, 0.2) is 0 Å². The van der Waals surface area contributed by atoms with E-state index >= 15 is 0 Å². The van der Waals surface area contributed by atoms with Crippen LogP contribution in [0.4, 0.5) is 23.5 Å². The smallest absolute Gasteiger partial charge is 0.232 e. The third-order valence-electron chi connectivity index (χ3n) is 6.39. The van der Waals surface area contributed by atoms with Crippen molar-refractivity contribution in [3.8, 4) is 0 Å². The van der Waals surface area contributed by atoms with E-state index in [0.29, 0.717) is 36.1 Å². The number of pyridine rings is 1. The average Bonchev–Trinajstić information content (AvgIpc) is 2.94. The SMILES string of the molecule is Clc1ccc2c(NCCCNc3nc(NCCN4CCOCC4)nc(N4CCOCC4)n3)ccnc2c1. The summed E-state index contributed by atoms with van der Waals surface area (Å²) in [5.41, 5.74) is 1.92. The van der Waals surface area contributed by atoms with Crippen LogP contribution in [0.1, 0.15) is 6.42 Å². The van der Waals surface area contributed by atoms with Crippen LogP contribution in [-0.4, -0.2) is 104 Å². The Hall–Kier alpha value is -2.99. The molecule has 0 amide bonds. The molecule has 1 aromatic carbocycles. The Morgan fingerprint density at radius 1 is 0.811 bits per heavy atom. The van der Waals surface area contributed by atoms with Crippen LogP contribution in [0.15, 0.2) is 30.5 Å². The second-order valence-electron chi connectivity index (χ2n) is 8.99. The van der Waals surface area contributed by atoms with Crippen molar-refractivity contribution in [2.75, 3.05) is 99.6 Å². The van der Waals surface area contributed by atoms with Gasteiger partial charge in [-0.05, 0) is 30.7 Å². The number of nitrogens with zero attached hydrogens (tertiary/aromatic N) is 6. The van der Waals surface area contributed by atoms with Crippen molar-refractivity contribution in [1.82, 2.24) is 24.8 Å². The summed E-state index contributed by atoms with van der Waals surface area (Å²) in [5, 5.41) is 12.0. The minimum Gasteiger partial charge on any atom is -0.384 e. The molecule has 2 saturated heterocycles. The second kappa shape index (κ2) is 13.0. The van der Waals surface area contributed by atoms with Gasteiger partial charge in [-0.15, -0.1) is 0 Å². The maximum Gasteiger partial charge on any atom is 0.232 e. The van der Waals surface area contributed by atoms with E-state index in [1.807, 2.05) is 24.3 Å². The lowest BCUT2D eigenvalue weighted by atomic mass is 10.2. The molecule has 4 heterocycles. The summed E-state index contributed by atoms with van der Waals surface area (Å²) in [6.45, 7) is 9.60. The summed E-state index contributed by atoms with van der Waals surface area (Å²) in [6.07, 6.45) is 2.68. The highest BCUT2D eigenvalue weighted by molar-refractivity contribution is 6.31. The van der Waals surface area contributed by atoms with Crippen molar-refractivity contribution in [3.05, 3.63) is 35.5 Å². The summed E-state index contributed by atoms with van der Waals surface area (Å²) >= 11 is 6.10. The number of hydrogen-bond donors (Lipinski definition) is 3. The number of morpholine rings is 2. The Balaban J connectivity index is 1.16. The Morgan fingerprint density at radius 2 is 1.51 bits per heavy atom. The summed E-state index contributed by atoms with van der Waals surface area (Å²) in [4.78, 5) is 22.9. The normalized spacial score (nSPS) is 16.6. The predicted octanol–water partition coefficient (Wildman–Crippen LogP) is 2.57. The lowest BCUT2D eigenvalue weighted by Gasteiger charge is -2.27. The molecule has 2 aromatic heterocycles. The van der Waals surface area contributed by atoms with Gasteiger partial charge in [-0.3, -0.25) is 9.88 Å². The van der Waals surface area contributed by atoms with Gasteiger partial charge >= 0.3 is 0 Å². The van der Waals surface area contributed by atoms with Crippen molar-refractivity contribution in [1.29, 1.82) is 0 Å². The first-order chi connectivity index (χ1) is 18.2. The maximum absolute atomic E-state index is 6.10. The van der Waals surface area contributed by atoms with Crippen LogP contribution in [0, 0.1) is 0 Å². The molecule has 0 aliphatic carbocycles. The molecular formula is C25H34ClN9O2. The summed E-state index contributed by atoms with van der Waals surface area (Å²) < 4.78 is 10.9. The summed E-state index contributed by atoms with van der Waals surface area (Å²) in [6, 6.07) is 7.75. The number of rotatable bonds is 11. The minimum atomic E-state index is 0.578. The van der Waals surface area contributed by atoms with E-state index in [4.69, 9.17) is 21.1 Å². The fourth-order valence-corrected chi connectivity index (χ4v) is 4.53. The van der Waals surface area contributed by atoms with Crippen molar-refractivity contribution in [2.45, 2.75) is 6.42 Å². The number of ether oxygens (including phenoxy) is 2. The third-order valence-corrected chi connectivity index (χ3v) is 6.62. The number of hydrogen-bond acceptors (Lipinski definition) is 11. The molecule has 0 spiro atoms. The molecule has 11 nitrogen and oxygen atoms in total. The van der Waals surface area contributed by atoms with Gasteiger partial charge in [0.05, 0.1) is 31.9 Å². The average molecular weight is 528 g/mol. The highest BCUT2D eigenvalue weighted by Gasteiger charge is 2.17. The van der Waals surface area contributed by atoms with Gasteiger partial charge in [0.1, 0.15) is 0 Å². The summed E-state index contributed by atoms with van der Waals surface area (Å²) in [5.74, 6) is 1.84. The molecule has 2 aliphatic heterocycles. The van der Waals surface area contributed by atoms with Crippen LogP contribution in [0.2, 0.25) is 5.02 Å². The lowest BCUT2D eigenvalue weighted by Crippen LogP contribution is -2.39. The Morgan fingerprint density at radius 3 is 2.30 bits per heavy atom. The number of aromatic nitrogens is 4. The molecule has 198 valence electrons. The highest BCUT2D eigenvalue weighted by Crippen LogP contribution is 2.24. The van der Waals surface area contributed by atoms with E-state index in [-0.39, 0.29) is 0 Å². The van der Waals surface area contributed by atoms with Gasteiger partial charge in [0.2, 0.25) is 17.8 Å². The van der Waals surface area contributed by atoms with Crippen LogP contribution in [0.5, 0.6) is 0 Å². The number of benzene rings is 1. The Kier molecular flexibility index (Phi) is 9.01. The summed E-state index contributed by atoms with van der Waals surface area (Å²) in [7, 11) is 0. The molecule has 2 fully saturated rings. The van der Waals surface area contributed by atoms with E-state index in [0.717, 1.165) is 88.6 Å². The molecular weight excluding hydrogens is 494 g/mol. The molecule has 2 aliphatic rings. The fraction of sp³-hybridized carbons (Fsp3) is 0.520. The second-order valence-corrected chi connectivity index (χ2v) is 9.43. The van der Waals surface area contributed by atoms with Crippen molar-refractivity contribution in [2.24, 2.45) is 0 Å². The first kappa shape index (κ1) is 25.7. The molecule has 3 N–H and O–H groups in total. The standard InChI is InChI=1S/C25H34ClN9O2/c26-19-2-3-20-21(4-7-28-22(20)18-19)27-5-1-6-29-23-31-24(30-8-9-34-10-14-36-15-11-34)33-25(32-23)35-12-16-37-17-13-35/h2-4,7,18H,1,5-6,8-17H2,(H,27,28)(H2,29,30,31,32,33). The number of anilines is 4. The van der Waals surface area contributed by atoms with Crippen LogP contribution in [-0.2, 0) is 9.47 Å². The van der Waals surface area contributed by atoms with Gasteiger partial charge < -0.3 is 30.3 Å². The first-order valence-corrected chi connectivity index (χ1v) is 13.3. The van der Waals surface area contributed by atoms with Crippen LogP contribution >= 0.6 is 11.6 Å². The largest absolute Gasteiger partial charge is 0.384 e. The van der Waals surface area contributed by atoms with Gasteiger partial charge in [-0.25, -0.2) is 0 Å².